The minimum atomic E-state index is -0.360. The standard InChI is InChI=1S/C26H25FN4O2/c1-16-5-7-18(19(27)13-16)21-14-22(24-20(30-21)9-11-28-25(24)32)31-23-8-6-17(15-29-23)26(2)10-3-4-12-33-26/h5-9,11,13-15H,3-4,10,12H2,1-2H3,(H,28,32)(H,29,30,31). The van der Waals surface area contributed by atoms with Gasteiger partial charge in [0, 0.05) is 30.1 Å². The van der Waals surface area contributed by atoms with E-state index in [0.717, 1.165) is 37.0 Å². The van der Waals surface area contributed by atoms with Gasteiger partial charge in [0.05, 0.1) is 27.9 Å². The van der Waals surface area contributed by atoms with Crippen molar-refractivity contribution in [2.75, 3.05) is 11.9 Å². The van der Waals surface area contributed by atoms with Crippen LogP contribution in [0.5, 0.6) is 0 Å². The lowest BCUT2D eigenvalue weighted by atomic mass is 9.89. The second-order valence-electron chi connectivity index (χ2n) is 8.70. The highest BCUT2D eigenvalue weighted by molar-refractivity contribution is 5.94. The van der Waals surface area contributed by atoms with Crippen LogP contribution in [0.2, 0.25) is 0 Å². The number of halogens is 1. The van der Waals surface area contributed by atoms with E-state index in [9.17, 15) is 9.18 Å². The van der Waals surface area contributed by atoms with Crippen LogP contribution in [-0.4, -0.2) is 21.6 Å². The molecular formula is C26H25FN4O2. The van der Waals surface area contributed by atoms with Gasteiger partial charge in [0.15, 0.2) is 0 Å². The molecule has 1 fully saturated rings. The molecular weight excluding hydrogens is 419 g/mol. The second-order valence-corrected chi connectivity index (χ2v) is 8.70. The van der Waals surface area contributed by atoms with E-state index < -0.39 is 0 Å². The van der Waals surface area contributed by atoms with E-state index in [-0.39, 0.29) is 17.0 Å². The molecule has 1 aliphatic rings. The van der Waals surface area contributed by atoms with Crippen molar-refractivity contribution in [1.82, 2.24) is 15.0 Å². The third kappa shape index (κ3) is 4.12. The monoisotopic (exact) mass is 444 g/mol. The molecule has 168 valence electrons. The number of aromatic nitrogens is 3. The maximum atomic E-state index is 14.7. The Bertz CT molecular complexity index is 1380. The number of aryl methyl sites for hydroxylation is 1. The first-order valence-electron chi connectivity index (χ1n) is 11.1. The third-order valence-corrected chi connectivity index (χ3v) is 6.24. The van der Waals surface area contributed by atoms with E-state index in [1.54, 1.807) is 18.2 Å². The molecule has 7 heteroatoms. The van der Waals surface area contributed by atoms with Gasteiger partial charge in [0.1, 0.15) is 11.6 Å². The van der Waals surface area contributed by atoms with Gasteiger partial charge in [0.2, 0.25) is 0 Å². The summed E-state index contributed by atoms with van der Waals surface area (Å²) in [6, 6.07) is 12.3. The van der Waals surface area contributed by atoms with E-state index in [4.69, 9.17) is 4.74 Å². The molecule has 0 radical (unpaired) electrons. The predicted octanol–water partition coefficient (Wildman–Crippen LogP) is 5.59. The van der Waals surface area contributed by atoms with Crippen molar-refractivity contribution in [1.29, 1.82) is 0 Å². The maximum Gasteiger partial charge on any atom is 0.259 e. The van der Waals surface area contributed by atoms with Crippen molar-refractivity contribution in [3.05, 3.63) is 82.2 Å². The molecule has 5 rings (SSSR count). The van der Waals surface area contributed by atoms with Crippen LogP contribution in [0.1, 0.15) is 37.3 Å². The fraction of sp³-hybridized carbons (Fsp3) is 0.269. The first-order chi connectivity index (χ1) is 15.9. The molecule has 6 nitrogen and oxygen atoms in total. The Morgan fingerprint density at radius 1 is 1.15 bits per heavy atom. The summed E-state index contributed by atoms with van der Waals surface area (Å²) in [5, 5.41) is 3.63. The molecule has 1 atom stereocenters. The molecule has 0 saturated carbocycles. The molecule has 3 aromatic heterocycles. The molecule has 0 spiro atoms. The lowest BCUT2D eigenvalue weighted by Gasteiger charge is -2.34. The molecule has 4 aromatic rings. The second kappa shape index (κ2) is 8.41. The topological polar surface area (TPSA) is 79.9 Å². The number of nitrogens with one attached hydrogen (secondary N) is 2. The van der Waals surface area contributed by atoms with Crippen LogP contribution in [0.15, 0.2) is 59.7 Å². The van der Waals surface area contributed by atoms with Crippen LogP contribution in [0.4, 0.5) is 15.9 Å². The van der Waals surface area contributed by atoms with Crippen LogP contribution in [0.25, 0.3) is 22.2 Å². The Morgan fingerprint density at radius 3 is 2.76 bits per heavy atom. The summed E-state index contributed by atoms with van der Waals surface area (Å²) in [6.45, 7) is 4.68. The van der Waals surface area contributed by atoms with Crippen molar-refractivity contribution in [2.24, 2.45) is 0 Å². The van der Waals surface area contributed by atoms with E-state index in [2.05, 4.69) is 27.2 Å². The van der Waals surface area contributed by atoms with Gasteiger partial charge >= 0.3 is 0 Å². The predicted molar refractivity (Wildman–Crippen MR) is 127 cm³/mol. The zero-order valence-electron chi connectivity index (χ0n) is 18.6. The van der Waals surface area contributed by atoms with Gasteiger partial charge in [-0.1, -0.05) is 12.1 Å². The Labute approximate surface area is 190 Å². The number of pyridine rings is 3. The normalized spacial score (nSPS) is 18.4. The number of ether oxygens (including phenoxy) is 1. The lowest BCUT2D eigenvalue weighted by molar-refractivity contribution is -0.0703. The number of aromatic amines is 1. The molecule has 0 bridgehead atoms. The molecule has 33 heavy (non-hydrogen) atoms. The summed E-state index contributed by atoms with van der Waals surface area (Å²) in [6.07, 6.45) is 6.50. The van der Waals surface area contributed by atoms with Gasteiger partial charge in [-0.2, -0.15) is 0 Å². The third-order valence-electron chi connectivity index (χ3n) is 6.24. The minimum Gasteiger partial charge on any atom is -0.371 e. The van der Waals surface area contributed by atoms with E-state index in [0.29, 0.717) is 33.7 Å². The van der Waals surface area contributed by atoms with Gasteiger partial charge < -0.3 is 15.0 Å². The first kappa shape index (κ1) is 21.3. The SMILES string of the molecule is Cc1ccc(-c2cc(Nc3ccc(C4(C)CCCCO4)cn3)c3c(=O)[nH]ccc3n2)c(F)c1. The maximum absolute atomic E-state index is 14.7. The highest BCUT2D eigenvalue weighted by Crippen LogP contribution is 2.35. The molecule has 1 aliphatic heterocycles. The van der Waals surface area contributed by atoms with Gasteiger partial charge in [0.25, 0.3) is 5.56 Å². The molecule has 4 heterocycles. The highest BCUT2D eigenvalue weighted by atomic mass is 19.1. The average molecular weight is 445 g/mol. The van der Waals surface area contributed by atoms with Gasteiger partial charge in [-0.3, -0.25) is 4.79 Å². The minimum absolute atomic E-state index is 0.279. The Kier molecular flexibility index (Phi) is 5.42. The highest BCUT2D eigenvalue weighted by Gasteiger charge is 2.30. The fourth-order valence-corrected chi connectivity index (χ4v) is 4.34. The number of fused-ring (bicyclic) bond motifs is 1. The summed E-state index contributed by atoms with van der Waals surface area (Å²) >= 11 is 0. The van der Waals surface area contributed by atoms with Crippen LogP contribution in [-0.2, 0) is 10.3 Å². The van der Waals surface area contributed by atoms with Crippen molar-refractivity contribution < 1.29 is 9.13 Å². The Hall–Kier alpha value is -3.58. The van der Waals surface area contributed by atoms with Crippen molar-refractivity contribution in [2.45, 2.75) is 38.7 Å². The number of hydrogen-bond donors (Lipinski definition) is 2. The van der Waals surface area contributed by atoms with Gasteiger partial charge in [-0.05, 0) is 69.0 Å². The molecule has 1 aromatic carbocycles. The largest absolute Gasteiger partial charge is 0.371 e. The molecule has 1 unspecified atom stereocenters. The molecule has 2 N–H and O–H groups in total. The summed E-state index contributed by atoms with van der Waals surface area (Å²) in [5.74, 6) is 0.213. The molecule has 0 amide bonds. The van der Waals surface area contributed by atoms with Crippen molar-refractivity contribution in [3.8, 4) is 11.3 Å². The number of rotatable bonds is 4. The van der Waals surface area contributed by atoms with Crippen LogP contribution < -0.4 is 10.9 Å². The number of H-pyrrole nitrogens is 1. The van der Waals surface area contributed by atoms with E-state index in [1.807, 2.05) is 31.3 Å². The van der Waals surface area contributed by atoms with E-state index >= 15 is 0 Å². The van der Waals surface area contributed by atoms with Crippen LogP contribution in [0, 0.1) is 12.7 Å². The Morgan fingerprint density at radius 2 is 2.03 bits per heavy atom. The van der Waals surface area contributed by atoms with E-state index in [1.165, 1.54) is 12.3 Å². The van der Waals surface area contributed by atoms with Gasteiger partial charge in [-0.15, -0.1) is 0 Å². The summed E-state index contributed by atoms with van der Waals surface area (Å²) in [4.78, 5) is 24.4. The van der Waals surface area contributed by atoms with Crippen LogP contribution in [0.3, 0.4) is 0 Å². The number of benzene rings is 1. The zero-order chi connectivity index (χ0) is 23.0. The fourth-order valence-electron chi connectivity index (χ4n) is 4.34. The zero-order valence-corrected chi connectivity index (χ0v) is 18.6. The lowest BCUT2D eigenvalue weighted by Crippen LogP contribution is -2.30. The summed E-state index contributed by atoms with van der Waals surface area (Å²) in [7, 11) is 0. The number of hydrogen-bond acceptors (Lipinski definition) is 5. The van der Waals surface area contributed by atoms with Crippen molar-refractivity contribution >= 4 is 22.4 Å². The Balaban J connectivity index is 1.55. The van der Waals surface area contributed by atoms with Crippen LogP contribution >= 0.6 is 0 Å². The molecule has 1 saturated heterocycles. The van der Waals surface area contributed by atoms with Crippen molar-refractivity contribution in [3.63, 3.8) is 0 Å². The quantitative estimate of drug-likeness (QED) is 0.429. The first-order valence-corrected chi connectivity index (χ1v) is 11.1. The summed E-state index contributed by atoms with van der Waals surface area (Å²) in [5.41, 5.74) is 3.03. The number of nitrogens with zero attached hydrogens (tertiary/aromatic N) is 2. The average Bonchev–Trinajstić information content (AvgIpc) is 2.80. The number of anilines is 2. The summed E-state index contributed by atoms with van der Waals surface area (Å²) < 4.78 is 20.7. The smallest absolute Gasteiger partial charge is 0.259 e. The molecule has 0 aliphatic carbocycles. The van der Waals surface area contributed by atoms with Gasteiger partial charge in [-0.25, -0.2) is 14.4 Å².